The summed E-state index contributed by atoms with van der Waals surface area (Å²) in [7, 11) is 1.65. The summed E-state index contributed by atoms with van der Waals surface area (Å²) in [6.45, 7) is 3.96. The zero-order chi connectivity index (χ0) is 17.1. The van der Waals surface area contributed by atoms with Gasteiger partial charge < -0.3 is 14.7 Å². The summed E-state index contributed by atoms with van der Waals surface area (Å²) >= 11 is 0. The van der Waals surface area contributed by atoms with Crippen molar-refractivity contribution in [1.82, 2.24) is 9.88 Å². The minimum Gasteiger partial charge on any atom is -0.392 e. The van der Waals surface area contributed by atoms with Crippen molar-refractivity contribution in [3.05, 3.63) is 41.1 Å². The average Bonchev–Trinajstić information content (AvgIpc) is 2.92. The molecule has 1 aromatic heterocycles. The molecule has 0 spiro atoms. The minimum atomic E-state index is -0.0275. The zero-order valence-electron chi connectivity index (χ0n) is 14.3. The second-order valence-corrected chi connectivity index (χ2v) is 6.51. The quantitative estimate of drug-likeness (QED) is 0.882. The van der Waals surface area contributed by atoms with Gasteiger partial charge in [-0.2, -0.15) is 0 Å². The number of carbonyl (C=O) groups excluding carboxylic acids is 1. The molecule has 1 aromatic carbocycles. The summed E-state index contributed by atoms with van der Waals surface area (Å²) in [6.07, 6.45) is 1.26. The first-order valence-electron chi connectivity index (χ1n) is 8.38. The molecule has 0 bridgehead atoms. The highest BCUT2D eigenvalue weighted by Gasteiger charge is 2.30. The lowest BCUT2D eigenvalue weighted by Gasteiger charge is -2.17. The lowest BCUT2D eigenvalue weighted by Crippen LogP contribution is -2.29. The Morgan fingerprint density at radius 3 is 3.00 bits per heavy atom. The molecule has 128 valence electrons. The first-order valence-corrected chi connectivity index (χ1v) is 8.38. The van der Waals surface area contributed by atoms with Gasteiger partial charge in [0.1, 0.15) is 0 Å². The lowest BCUT2D eigenvalue weighted by molar-refractivity contribution is -0.128. The van der Waals surface area contributed by atoms with Crippen LogP contribution in [0.4, 0.5) is 0 Å². The molecule has 24 heavy (non-hydrogen) atoms. The van der Waals surface area contributed by atoms with Crippen molar-refractivity contribution in [2.75, 3.05) is 26.8 Å². The normalized spacial score (nSPS) is 17.9. The topological polar surface area (TPSA) is 62.7 Å². The number of pyridine rings is 1. The Morgan fingerprint density at radius 2 is 2.25 bits per heavy atom. The van der Waals surface area contributed by atoms with Gasteiger partial charge >= 0.3 is 0 Å². The van der Waals surface area contributed by atoms with Crippen molar-refractivity contribution >= 4 is 16.8 Å². The van der Waals surface area contributed by atoms with Gasteiger partial charge in [-0.15, -0.1) is 0 Å². The number of nitrogens with zero attached hydrogens (tertiary/aromatic N) is 2. The molecule has 1 fully saturated rings. The summed E-state index contributed by atoms with van der Waals surface area (Å²) in [5, 5.41) is 10.8. The van der Waals surface area contributed by atoms with Crippen molar-refractivity contribution in [1.29, 1.82) is 0 Å². The number of amides is 1. The SMILES string of the molecule is COCCN1C[C@@H](Cc2nc3c(C)cccc3cc2CO)CC1=O. The van der Waals surface area contributed by atoms with Gasteiger partial charge in [0.2, 0.25) is 5.91 Å². The predicted molar refractivity (Wildman–Crippen MR) is 92.7 cm³/mol. The van der Waals surface area contributed by atoms with E-state index in [4.69, 9.17) is 9.72 Å². The standard InChI is InChI=1S/C19H24N2O3/c1-13-4-3-5-15-10-16(12-22)17(20-19(13)15)8-14-9-18(23)21(11-14)6-7-24-2/h3-5,10,14,22H,6-9,11-12H2,1-2H3/t14-/m0/s1. The lowest BCUT2D eigenvalue weighted by atomic mass is 9.97. The number of benzene rings is 1. The summed E-state index contributed by atoms with van der Waals surface area (Å²) in [5.41, 5.74) is 3.87. The summed E-state index contributed by atoms with van der Waals surface area (Å²) in [5.74, 6) is 0.424. The largest absolute Gasteiger partial charge is 0.392 e. The van der Waals surface area contributed by atoms with Crippen LogP contribution in [0, 0.1) is 12.8 Å². The van der Waals surface area contributed by atoms with E-state index < -0.39 is 0 Å². The Labute approximate surface area is 142 Å². The number of likely N-dealkylation sites (tertiary alicyclic amines) is 1. The van der Waals surface area contributed by atoms with E-state index in [9.17, 15) is 9.90 Å². The Balaban J connectivity index is 1.82. The molecule has 0 radical (unpaired) electrons. The van der Waals surface area contributed by atoms with Crippen molar-refractivity contribution < 1.29 is 14.6 Å². The van der Waals surface area contributed by atoms with E-state index in [0.717, 1.165) is 40.7 Å². The van der Waals surface area contributed by atoms with Crippen molar-refractivity contribution in [2.45, 2.75) is 26.4 Å². The number of fused-ring (bicyclic) bond motifs is 1. The maximum absolute atomic E-state index is 12.1. The number of aliphatic hydroxyl groups is 1. The maximum Gasteiger partial charge on any atom is 0.223 e. The molecule has 1 amide bonds. The van der Waals surface area contributed by atoms with Crippen LogP contribution in [0.5, 0.6) is 0 Å². The highest BCUT2D eigenvalue weighted by atomic mass is 16.5. The molecule has 1 N–H and O–H groups in total. The smallest absolute Gasteiger partial charge is 0.223 e. The first kappa shape index (κ1) is 16.9. The molecule has 0 aliphatic carbocycles. The van der Waals surface area contributed by atoms with E-state index in [1.165, 1.54) is 0 Å². The molecular weight excluding hydrogens is 304 g/mol. The van der Waals surface area contributed by atoms with Gasteiger partial charge in [0.25, 0.3) is 0 Å². The van der Waals surface area contributed by atoms with Gasteiger partial charge in [-0.05, 0) is 36.5 Å². The van der Waals surface area contributed by atoms with Crippen LogP contribution < -0.4 is 0 Å². The Kier molecular flexibility index (Phi) is 5.11. The minimum absolute atomic E-state index is 0.0275. The van der Waals surface area contributed by atoms with Crippen LogP contribution in [0.1, 0.15) is 23.2 Å². The number of methoxy groups -OCH3 is 1. The van der Waals surface area contributed by atoms with Gasteiger partial charge in [-0.1, -0.05) is 18.2 Å². The van der Waals surface area contributed by atoms with Crippen molar-refractivity contribution in [2.24, 2.45) is 5.92 Å². The van der Waals surface area contributed by atoms with Crippen LogP contribution in [0.15, 0.2) is 24.3 Å². The number of aliphatic hydroxyl groups excluding tert-OH is 1. The molecule has 1 atom stereocenters. The number of rotatable bonds is 6. The molecular formula is C19H24N2O3. The number of hydrogen-bond donors (Lipinski definition) is 1. The van der Waals surface area contributed by atoms with Crippen LogP contribution in [0.3, 0.4) is 0 Å². The average molecular weight is 328 g/mol. The maximum atomic E-state index is 12.1. The Hall–Kier alpha value is -1.98. The molecule has 5 nitrogen and oxygen atoms in total. The van der Waals surface area contributed by atoms with Crippen molar-refractivity contribution in [3.8, 4) is 0 Å². The fraction of sp³-hybridized carbons (Fsp3) is 0.474. The van der Waals surface area contributed by atoms with Crippen LogP contribution in [-0.2, 0) is 22.6 Å². The van der Waals surface area contributed by atoms with E-state index in [1.807, 2.05) is 36.1 Å². The van der Waals surface area contributed by atoms with Crippen LogP contribution >= 0.6 is 0 Å². The monoisotopic (exact) mass is 328 g/mol. The molecule has 2 aromatic rings. The van der Waals surface area contributed by atoms with Crippen molar-refractivity contribution in [3.63, 3.8) is 0 Å². The number of aromatic nitrogens is 1. The number of hydrogen-bond acceptors (Lipinski definition) is 4. The molecule has 1 aliphatic heterocycles. The second-order valence-electron chi connectivity index (χ2n) is 6.51. The third kappa shape index (κ3) is 3.42. The number of ether oxygens (including phenoxy) is 1. The summed E-state index contributed by atoms with van der Waals surface area (Å²) in [4.78, 5) is 18.8. The molecule has 3 rings (SSSR count). The third-order valence-electron chi connectivity index (χ3n) is 4.73. The van der Waals surface area contributed by atoms with E-state index in [0.29, 0.717) is 19.6 Å². The van der Waals surface area contributed by atoms with Gasteiger partial charge in [0.05, 0.1) is 18.7 Å². The fourth-order valence-corrected chi connectivity index (χ4v) is 3.42. The molecule has 0 saturated carbocycles. The van der Waals surface area contributed by atoms with Gasteiger partial charge in [-0.25, -0.2) is 0 Å². The highest BCUT2D eigenvalue weighted by molar-refractivity contribution is 5.82. The molecule has 1 saturated heterocycles. The van der Waals surface area contributed by atoms with E-state index in [1.54, 1.807) is 7.11 Å². The molecule has 0 unspecified atom stereocenters. The number of carbonyl (C=O) groups is 1. The second kappa shape index (κ2) is 7.28. The summed E-state index contributed by atoms with van der Waals surface area (Å²) < 4.78 is 5.06. The molecule has 2 heterocycles. The number of para-hydroxylation sites is 1. The highest BCUT2D eigenvalue weighted by Crippen LogP contribution is 2.26. The van der Waals surface area contributed by atoms with E-state index >= 15 is 0 Å². The van der Waals surface area contributed by atoms with Gasteiger partial charge in [-0.3, -0.25) is 9.78 Å². The Bertz CT molecular complexity index is 745. The predicted octanol–water partition coefficient (Wildman–Crippen LogP) is 2.07. The van der Waals surface area contributed by atoms with Gasteiger partial charge in [0.15, 0.2) is 0 Å². The number of aryl methyl sites for hydroxylation is 1. The van der Waals surface area contributed by atoms with Gasteiger partial charge in [0, 0.05) is 37.7 Å². The fourth-order valence-electron chi connectivity index (χ4n) is 3.42. The van der Waals surface area contributed by atoms with Crippen LogP contribution in [0.25, 0.3) is 10.9 Å². The molecule has 5 heteroatoms. The zero-order valence-corrected chi connectivity index (χ0v) is 14.3. The summed E-state index contributed by atoms with van der Waals surface area (Å²) in [6, 6.07) is 8.08. The van der Waals surface area contributed by atoms with Crippen LogP contribution in [-0.4, -0.2) is 47.7 Å². The van der Waals surface area contributed by atoms with E-state index in [2.05, 4.69) is 0 Å². The Morgan fingerprint density at radius 1 is 1.42 bits per heavy atom. The molecule has 1 aliphatic rings. The van der Waals surface area contributed by atoms with E-state index in [-0.39, 0.29) is 18.4 Å². The van der Waals surface area contributed by atoms with Crippen LogP contribution in [0.2, 0.25) is 0 Å². The third-order valence-corrected chi connectivity index (χ3v) is 4.73. The first-order chi connectivity index (χ1) is 11.6.